The van der Waals surface area contributed by atoms with Gasteiger partial charge in [0.05, 0.1) is 4.88 Å². The van der Waals surface area contributed by atoms with Crippen LogP contribution in [0.2, 0.25) is 0 Å². The van der Waals surface area contributed by atoms with E-state index in [2.05, 4.69) is 33.4 Å². The van der Waals surface area contributed by atoms with Gasteiger partial charge in [-0.05, 0) is 54.9 Å². The van der Waals surface area contributed by atoms with Crippen LogP contribution in [0.3, 0.4) is 0 Å². The summed E-state index contributed by atoms with van der Waals surface area (Å²) in [6.45, 7) is 5.88. The summed E-state index contributed by atoms with van der Waals surface area (Å²) in [6, 6.07) is 2.06. The largest absolute Gasteiger partial charge is 0.333 e. The van der Waals surface area contributed by atoms with Gasteiger partial charge >= 0.3 is 0 Å². The number of rotatable bonds is 2. The molecule has 3 aromatic heterocycles. The Morgan fingerprint density at radius 1 is 1.30 bits per heavy atom. The number of thiophene rings is 1. The summed E-state index contributed by atoms with van der Waals surface area (Å²) in [5.41, 5.74) is 5.67. The van der Waals surface area contributed by atoms with E-state index in [0.29, 0.717) is 11.7 Å². The number of aromatic nitrogens is 3. The summed E-state index contributed by atoms with van der Waals surface area (Å²) in [7, 11) is 0. The molecule has 5 nitrogen and oxygen atoms in total. The van der Waals surface area contributed by atoms with Crippen molar-refractivity contribution in [3.8, 4) is 22.2 Å². The van der Waals surface area contributed by atoms with E-state index in [9.17, 15) is 0 Å². The number of hydrogen-bond acceptors (Lipinski definition) is 6. The maximum absolute atomic E-state index is 5.50. The van der Waals surface area contributed by atoms with Crippen molar-refractivity contribution in [3.63, 3.8) is 0 Å². The molecule has 23 heavy (non-hydrogen) atoms. The van der Waals surface area contributed by atoms with Gasteiger partial charge in [-0.1, -0.05) is 5.16 Å². The monoisotopic (exact) mass is 348 g/mol. The molecule has 0 spiro atoms. The average Bonchev–Trinajstić information content (AvgIpc) is 3.16. The summed E-state index contributed by atoms with van der Waals surface area (Å²) in [5, 5.41) is 9.62. The third-order valence-electron chi connectivity index (χ3n) is 4.04. The normalized spacial score (nSPS) is 13.5. The van der Waals surface area contributed by atoms with Crippen LogP contribution in [0.25, 0.3) is 22.2 Å². The molecule has 1 aliphatic rings. The Labute approximate surface area is 144 Å². The molecule has 0 saturated carbocycles. The molecule has 0 atom stereocenters. The maximum atomic E-state index is 5.50. The standard InChI is InChI=1S/C16H16N4OS.ClH/c1-9-4-6-22-14(9)16-19-15(20-21-16)13-10(2)18-8-11-7-17-5-3-12(11)13;/h4,6,8,17H,3,5,7H2,1-2H3;1H. The number of aryl methyl sites for hydroxylation is 2. The first-order chi connectivity index (χ1) is 10.7. The lowest BCUT2D eigenvalue weighted by Crippen LogP contribution is -2.24. The molecule has 0 unspecified atom stereocenters. The fourth-order valence-corrected chi connectivity index (χ4v) is 3.72. The van der Waals surface area contributed by atoms with Crippen molar-refractivity contribution in [2.45, 2.75) is 26.8 Å². The minimum atomic E-state index is 0. The fraction of sp³-hybridized carbons (Fsp3) is 0.312. The lowest BCUT2D eigenvalue weighted by molar-refractivity contribution is 0.433. The highest BCUT2D eigenvalue weighted by molar-refractivity contribution is 7.13. The van der Waals surface area contributed by atoms with Crippen molar-refractivity contribution in [1.29, 1.82) is 0 Å². The van der Waals surface area contributed by atoms with Gasteiger partial charge in [-0.15, -0.1) is 23.7 Å². The van der Waals surface area contributed by atoms with E-state index in [1.165, 1.54) is 11.1 Å². The summed E-state index contributed by atoms with van der Waals surface area (Å²) in [6.07, 6.45) is 2.92. The molecule has 4 rings (SSSR count). The van der Waals surface area contributed by atoms with Crippen molar-refractivity contribution in [3.05, 3.63) is 40.0 Å². The number of nitrogens with zero attached hydrogens (tertiary/aromatic N) is 3. The van der Waals surface area contributed by atoms with Crippen molar-refractivity contribution in [1.82, 2.24) is 20.4 Å². The van der Waals surface area contributed by atoms with E-state index in [4.69, 9.17) is 4.52 Å². The molecule has 0 aromatic carbocycles. The second kappa shape index (κ2) is 6.39. The summed E-state index contributed by atoms with van der Waals surface area (Å²) in [5.74, 6) is 1.24. The molecule has 1 N–H and O–H groups in total. The highest BCUT2D eigenvalue weighted by Crippen LogP contribution is 2.32. The highest BCUT2D eigenvalue weighted by atomic mass is 35.5. The lowest BCUT2D eigenvalue weighted by atomic mass is 9.95. The molecule has 7 heteroatoms. The zero-order valence-electron chi connectivity index (χ0n) is 12.9. The van der Waals surface area contributed by atoms with Gasteiger partial charge in [-0.3, -0.25) is 4.98 Å². The van der Waals surface area contributed by atoms with Gasteiger partial charge in [0, 0.05) is 24.0 Å². The SMILES string of the molecule is Cc1ccsc1-c1nc(-c2c(C)ncc3c2CCNC3)no1.Cl. The number of halogens is 1. The first-order valence-corrected chi connectivity index (χ1v) is 8.18. The fourth-order valence-electron chi connectivity index (χ4n) is 2.88. The predicted octanol–water partition coefficient (Wildman–Crippen LogP) is 3.54. The molecule has 0 fully saturated rings. The van der Waals surface area contributed by atoms with Crippen LogP contribution in [-0.2, 0) is 13.0 Å². The summed E-state index contributed by atoms with van der Waals surface area (Å²) >= 11 is 1.62. The number of pyridine rings is 1. The number of hydrogen-bond donors (Lipinski definition) is 1. The zero-order valence-corrected chi connectivity index (χ0v) is 14.6. The van der Waals surface area contributed by atoms with Gasteiger partial charge < -0.3 is 9.84 Å². The maximum Gasteiger partial charge on any atom is 0.268 e. The van der Waals surface area contributed by atoms with Gasteiger partial charge in [0.15, 0.2) is 0 Å². The second-order valence-corrected chi connectivity index (χ2v) is 6.42. The van der Waals surface area contributed by atoms with Crippen molar-refractivity contribution in [2.75, 3.05) is 6.54 Å². The third kappa shape index (κ3) is 2.78. The van der Waals surface area contributed by atoms with Crippen molar-refractivity contribution < 1.29 is 4.52 Å². The minimum Gasteiger partial charge on any atom is -0.333 e. The molecular formula is C16H17ClN4OS. The zero-order chi connectivity index (χ0) is 15.1. The number of fused-ring (bicyclic) bond motifs is 1. The van der Waals surface area contributed by atoms with Gasteiger partial charge in [-0.2, -0.15) is 4.98 Å². The molecule has 0 saturated heterocycles. The quantitative estimate of drug-likeness (QED) is 0.767. The second-order valence-electron chi connectivity index (χ2n) is 5.51. The van der Waals surface area contributed by atoms with Crippen molar-refractivity contribution in [2.24, 2.45) is 0 Å². The van der Waals surface area contributed by atoms with Crippen LogP contribution in [0.4, 0.5) is 0 Å². The molecule has 4 heterocycles. The first-order valence-electron chi connectivity index (χ1n) is 7.30. The molecule has 0 amide bonds. The van der Waals surface area contributed by atoms with Gasteiger partial charge in [0.25, 0.3) is 5.89 Å². The van der Waals surface area contributed by atoms with E-state index in [1.54, 1.807) is 11.3 Å². The first kappa shape index (κ1) is 16.1. The highest BCUT2D eigenvalue weighted by Gasteiger charge is 2.21. The van der Waals surface area contributed by atoms with Crippen molar-refractivity contribution >= 4 is 23.7 Å². The topological polar surface area (TPSA) is 63.8 Å². The van der Waals surface area contributed by atoms with E-state index >= 15 is 0 Å². The van der Waals surface area contributed by atoms with Crippen LogP contribution < -0.4 is 5.32 Å². The average molecular weight is 349 g/mol. The molecule has 3 aromatic rings. The van der Waals surface area contributed by atoms with Gasteiger partial charge in [0.1, 0.15) is 0 Å². The van der Waals surface area contributed by atoms with Crippen LogP contribution in [0.1, 0.15) is 22.4 Å². The van der Waals surface area contributed by atoms with Crippen LogP contribution in [0, 0.1) is 13.8 Å². The lowest BCUT2D eigenvalue weighted by Gasteiger charge is -2.19. The van der Waals surface area contributed by atoms with Crippen LogP contribution in [0.5, 0.6) is 0 Å². The Morgan fingerprint density at radius 2 is 2.17 bits per heavy atom. The van der Waals surface area contributed by atoms with E-state index in [0.717, 1.165) is 41.2 Å². The van der Waals surface area contributed by atoms with Gasteiger partial charge in [0.2, 0.25) is 5.82 Å². The predicted molar refractivity (Wildman–Crippen MR) is 93.0 cm³/mol. The molecule has 0 radical (unpaired) electrons. The Morgan fingerprint density at radius 3 is 2.96 bits per heavy atom. The molecule has 0 aliphatic carbocycles. The van der Waals surface area contributed by atoms with E-state index in [1.807, 2.05) is 18.5 Å². The summed E-state index contributed by atoms with van der Waals surface area (Å²) in [4.78, 5) is 10.2. The molecule has 1 aliphatic heterocycles. The van der Waals surface area contributed by atoms with E-state index < -0.39 is 0 Å². The molecule has 0 bridgehead atoms. The number of nitrogens with one attached hydrogen (secondary N) is 1. The van der Waals surface area contributed by atoms with Gasteiger partial charge in [-0.25, -0.2) is 0 Å². The minimum absolute atomic E-state index is 0. The molecular weight excluding hydrogens is 332 g/mol. The molecule has 120 valence electrons. The van der Waals surface area contributed by atoms with Crippen LogP contribution in [-0.4, -0.2) is 21.7 Å². The third-order valence-corrected chi connectivity index (χ3v) is 5.04. The Hall–Kier alpha value is -1.76. The van der Waals surface area contributed by atoms with Crippen LogP contribution >= 0.6 is 23.7 Å². The van der Waals surface area contributed by atoms with Crippen LogP contribution in [0.15, 0.2) is 22.2 Å². The Balaban J connectivity index is 0.00000156. The summed E-state index contributed by atoms with van der Waals surface area (Å²) < 4.78 is 5.50. The Bertz CT molecular complexity index is 842. The Kier molecular flexibility index (Phi) is 4.48. The van der Waals surface area contributed by atoms with E-state index in [-0.39, 0.29) is 12.4 Å². The smallest absolute Gasteiger partial charge is 0.268 e.